The molecule has 0 saturated heterocycles. The Kier molecular flexibility index (Phi) is 4.17. The first kappa shape index (κ1) is 12.9. The van der Waals surface area contributed by atoms with Crippen molar-refractivity contribution in [1.29, 1.82) is 5.26 Å². The average molecular weight is 241 g/mol. The summed E-state index contributed by atoms with van der Waals surface area (Å²) < 4.78 is 5.57. The number of nitrogens with zero attached hydrogens (tertiary/aromatic N) is 1. The van der Waals surface area contributed by atoms with Gasteiger partial charge in [-0.3, -0.25) is 0 Å². The first-order valence-electron chi connectivity index (χ1n) is 6.44. The number of nitriles is 1. The highest BCUT2D eigenvalue weighted by Gasteiger charge is 2.30. The van der Waals surface area contributed by atoms with Gasteiger partial charge in [0.1, 0.15) is 0 Å². The number of benzene rings is 1. The SMILES string of the molecule is C=CC1CCC(c2ccccc2C#N)CC1OC. The van der Waals surface area contributed by atoms with Crippen LogP contribution in [0.5, 0.6) is 0 Å². The van der Waals surface area contributed by atoms with Gasteiger partial charge in [0.15, 0.2) is 0 Å². The van der Waals surface area contributed by atoms with Crippen molar-refractivity contribution < 1.29 is 4.74 Å². The summed E-state index contributed by atoms with van der Waals surface area (Å²) >= 11 is 0. The molecule has 0 amide bonds. The van der Waals surface area contributed by atoms with Crippen molar-refractivity contribution in [3.05, 3.63) is 48.0 Å². The van der Waals surface area contributed by atoms with E-state index in [1.165, 1.54) is 5.56 Å². The Balaban J connectivity index is 2.20. The quantitative estimate of drug-likeness (QED) is 0.757. The molecule has 1 saturated carbocycles. The van der Waals surface area contributed by atoms with Crippen molar-refractivity contribution in [3.63, 3.8) is 0 Å². The molecule has 0 heterocycles. The van der Waals surface area contributed by atoms with Gasteiger partial charge in [0.2, 0.25) is 0 Å². The van der Waals surface area contributed by atoms with E-state index in [-0.39, 0.29) is 6.10 Å². The normalized spacial score (nSPS) is 27.4. The standard InChI is InChI=1S/C16H19NO/c1-3-12-8-9-13(10-16(12)18-2)15-7-5-4-6-14(15)11-17/h3-7,12-13,16H,1,8-10H2,2H3. The molecule has 0 bridgehead atoms. The zero-order valence-corrected chi connectivity index (χ0v) is 10.8. The molecule has 0 aliphatic heterocycles. The predicted molar refractivity (Wildman–Crippen MR) is 72.2 cm³/mol. The molecule has 1 aromatic rings. The molecule has 0 spiro atoms. The second-order valence-corrected chi connectivity index (χ2v) is 4.88. The van der Waals surface area contributed by atoms with Crippen LogP contribution in [0.15, 0.2) is 36.9 Å². The van der Waals surface area contributed by atoms with E-state index >= 15 is 0 Å². The average Bonchev–Trinajstić information content (AvgIpc) is 2.46. The lowest BCUT2D eigenvalue weighted by atomic mass is 9.76. The minimum absolute atomic E-state index is 0.230. The predicted octanol–water partition coefficient (Wildman–Crippen LogP) is 3.64. The van der Waals surface area contributed by atoms with Gasteiger partial charge >= 0.3 is 0 Å². The molecule has 3 atom stereocenters. The van der Waals surface area contributed by atoms with Crippen molar-refractivity contribution in [2.45, 2.75) is 31.3 Å². The highest BCUT2D eigenvalue weighted by Crippen LogP contribution is 2.38. The van der Waals surface area contributed by atoms with Crippen molar-refractivity contribution >= 4 is 0 Å². The van der Waals surface area contributed by atoms with Crippen LogP contribution in [0.3, 0.4) is 0 Å². The number of hydrogen-bond acceptors (Lipinski definition) is 2. The Bertz CT molecular complexity index is 460. The summed E-state index contributed by atoms with van der Waals surface area (Å²) in [5.41, 5.74) is 1.97. The van der Waals surface area contributed by atoms with Gasteiger partial charge in [-0.1, -0.05) is 24.3 Å². The Morgan fingerprint density at radius 1 is 1.39 bits per heavy atom. The van der Waals surface area contributed by atoms with E-state index in [4.69, 9.17) is 4.74 Å². The van der Waals surface area contributed by atoms with Crippen LogP contribution in [-0.4, -0.2) is 13.2 Å². The van der Waals surface area contributed by atoms with Crippen LogP contribution >= 0.6 is 0 Å². The van der Waals surface area contributed by atoms with Gasteiger partial charge in [0, 0.05) is 13.0 Å². The fourth-order valence-corrected chi connectivity index (χ4v) is 2.93. The summed E-state index contributed by atoms with van der Waals surface area (Å²) in [6, 6.07) is 10.2. The highest BCUT2D eigenvalue weighted by atomic mass is 16.5. The maximum atomic E-state index is 9.17. The molecule has 0 aromatic heterocycles. The van der Waals surface area contributed by atoms with Crippen molar-refractivity contribution in [2.75, 3.05) is 7.11 Å². The van der Waals surface area contributed by atoms with Crippen molar-refractivity contribution in [1.82, 2.24) is 0 Å². The lowest BCUT2D eigenvalue weighted by Gasteiger charge is -2.34. The van der Waals surface area contributed by atoms with E-state index in [0.717, 1.165) is 24.8 Å². The lowest BCUT2D eigenvalue weighted by molar-refractivity contribution is 0.0342. The Labute approximate surface area is 109 Å². The molecular weight excluding hydrogens is 222 g/mol. The molecule has 94 valence electrons. The summed E-state index contributed by atoms with van der Waals surface area (Å²) in [6.45, 7) is 3.88. The second-order valence-electron chi connectivity index (χ2n) is 4.88. The van der Waals surface area contributed by atoms with Crippen LogP contribution in [0.2, 0.25) is 0 Å². The molecule has 2 nitrogen and oxygen atoms in total. The topological polar surface area (TPSA) is 33.0 Å². The fraction of sp³-hybridized carbons (Fsp3) is 0.438. The molecule has 1 aromatic carbocycles. The molecule has 3 unspecified atom stereocenters. The molecule has 0 N–H and O–H groups in total. The Morgan fingerprint density at radius 3 is 2.83 bits per heavy atom. The Hall–Kier alpha value is -1.59. The van der Waals surface area contributed by atoms with E-state index in [9.17, 15) is 5.26 Å². The first-order valence-corrected chi connectivity index (χ1v) is 6.44. The van der Waals surface area contributed by atoms with E-state index in [2.05, 4.69) is 18.7 Å². The summed E-state index contributed by atoms with van der Waals surface area (Å²) in [7, 11) is 1.76. The van der Waals surface area contributed by atoms with Crippen LogP contribution in [0.4, 0.5) is 0 Å². The summed E-state index contributed by atoms with van der Waals surface area (Å²) in [5.74, 6) is 0.877. The Morgan fingerprint density at radius 2 is 2.17 bits per heavy atom. The summed E-state index contributed by atoms with van der Waals surface area (Å²) in [4.78, 5) is 0. The number of hydrogen-bond donors (Lipinski definition) is 0. The van der Waals surface area contributed by atoms with Crippen molar-refractivity contribution in [2.24, 2.45) is 5.92 Å². The molecule has 1 fully saturated rings. The molecule has 0 radical (unpaired) electrons. The highest BCUT2D eigenvalue weighted by molar-refractivity contribution is 5.40. The maximum Gasteiger partial charge on any atom is 0.0994 e. The molecule has 18 heavy (non-hydrogen) atoms. The van der Waals surface area contributed by atoms with Gasteiger partial charge in [0.05, 0.1) is 17.7 Å². The van der Waals surface area contributed by atoms with Crippen LogP contribution < -0.4 is 0 Å². The molecule has 1 aliphatic rings. The monoisotopic (exact) mass is 241 g/mol. The third-order valence-corrected chi connectivity index (χ3v) is 3.97. The maximum absolute atomic E-state index is 9.17. The zero-order valence-electron chi connectivity index (χ0n) is 10.8. The van der Waals surface area contributed by atoms with Gasteiger partial charge in [-0.15, -0.1) is 6.58 Å². The molecule has 1 aliphatic carbocycles. The van der Waals surface area contributed by atoms with E-state index < -0.39 is 0 Å². The van der Waals surface area contributed by atoms with Crippen LogP contribution in [0.1, 0.15) is 36.3 Å². The second kappa shape index (κ2) is 5.84. The largest absolute Gasteiger partial charge is 0.381 e. The lowest BCUT2D eigenvalue weighted by Crippen LogP contribution is -2.29. The van der Waals surface area contributed by atoms with E-state index in [0.29, 0.717) is 11.8 Å². The number of rotatable bonds is 3. The van der Waals surface area contributed by atoms with Gasteiger partial charge in [0.25, 0.3) is 0 Å². The van der Waals surface area contributed by atoms with Crippen LogP contribution in [0, 0.1) is 17.2 Å². The molecular formula is C16H19NO. The minimum Gasteiger partial charge on any atom is -0.381 e. The van der Waals surface area contributed by atoms with Crippen molar-refractivity contribution in [3.8, 4) is 6.07 Å². The summed E-state index contributed by atoms with van der Waals surface area (Å²) in [6.07, 6.45) is 5.40. The minimum atomic E-state index is 0.230. The van der Waals surface area contributed by atoms with Gasteiger partial charge in [-0.25, -0.2) is 0 Å². The van der Waals surface area contributed by atoms with Gasteiger partial charge in [-0.2, -0.15) is 5.26 Å². The first-order chi connectivity index (χ1) is 8.80. The molecule has 2 heteroatoms. The van der Waals surface area contributed by atoms with Gasteiger partial charge in [-0.05, 0) is 36.8 Å². The number of ether oxygens (including phenoxy) is 1. The summed E-state index contributed by atoms with van der Waals surface area (Å²) in [5, 5.41) is 9.17. The number of methoxy groups -OCH3 is 1. The smallest absolute Gasteiger partial charge is 0.0994 e. The van der Waals surface area contributed by atoms with E-state index in [1.54, 1.807) is 7.11 Å². The third-order valence-electron chi connectivity index (χ3n) is 3.97. The van der Waals surface area contributed by atoms with Crippen LogP contribution in [-0.2, 0) is 4.74 Å². The molecule has 2 rings (SSSR count). The fourth-order valence-electron chi connectivity index (χ4n) is 2.93. The van der Waals surface area contributed by atoms with Crippen LogP contribution in [0.25, 0.3) is 0 Å². The zero-order chi connectivity index (χ0) is 13.0. The van der Waals surface area contributed by atoms with Gasteiger partial charge < -0.3 is 4.74 Å². The van der Waals surface area contributed by atoms with E-state index in [1.807, 2.05) is 24.3 Å². The third kappa shape index (κ3) is 2.47.